The van der Waals surface area contributed by atoms with Gasteiger partial charge in [-0.3, -0.25) is 4.79 Å². The summed E-state index contributed by atoms with van der Waals surface area (Å²) in [5.41, 5.74) is 3.23. The Morgan fingerprint density at radius 1 is 1.20 bits per heavy atom. The third-order valence-corrected chi connectivity index (χ3v) is 5.73. The van der Waals surface area contributed by atoms with Crippen LogP contribution in [0.4, 0.5) is 0 Å². The van der Waals surface area contributed by atoms with Gasteiger partial charge in [-0.15, -0.1) is 0 Å². The molecular weight excluding hydrogens is 378 g/mol. The van der Waals surface area contributed by atoms with Crippen LogP contribution in [-0.4, -0.2) is 33.4 Å². The van der Waals surface area contributed by atoms with Crippen LogP contribution in [0, 0.1) is 6.92 Å². The third-order valence-electron chi connectivity index (χ3n) is 4.95. The molecule has 4 rings (SSSR count). The first-order chi connectivity index (χ1) is 12.1. The predicted molar refractivity (Wildman–Crippen MR) is 103 cm³/mol. The lowest BCUT2D eigenvalue weighted by molar-refractivity contribution is -0.129. The van der Waals surface area contributed by atoms with Gasteiger partial charge in [0, 0.05) is 17.6 Å². The minimum Gasteiger partial charge on any atom is -0.340 e. The average Bonchev–Trinajstić information content (AvgIpc) is 3.20. The van der Waals surface area contributed by atoms with Crippen LogP contribution < -0.4 is 0 Å². The van der Waals surface area contributed by atoms with E-state index in [-0.39, 0.29) is 5.91 Å². The SMILES string of the molecule is Cc1nc2ccccc2n1C1CCN(C(=O)Cc2ccccc2Br)C1. The van der Waals surface area contributed by atoms with E-state index in [4.69, 9.17) is 0 Å². The highest BCUT2D eigenvalue weighted by atomic mass is 79.9. The van der Waals surface area contributed by atoms with Gasteiger partial charge in [-0.2, -0.15) is 0 Å². The van der Waals surface area contributed by atoms with Crippen molar-refractivity contribution in [3.63, 3.8) is 0 Å². The number of halogens is 1. The van der Waals surface area contributed by atoms with Gasteiger partial charge < -0.3 is 9.47 Å². The van der Waals surface area contributed by atoms with Gasteiger partial charge in [-0.05, 0) is 37.1 Å². The largest absolute Gasteiger partial charge is 0.340 e. The molecule has 1 atom stereocenters. The molecule has 25 heavy (non-hydrogen) atoms. The molecule has 4 nitrogen and oxygen atoms in total. The van der Waals surface area contributed by atoms with Crippen LogP contribution >= 0.6 is 15.9 Å². The highest BCUT2D eigenvalue weighted by Gasteiger charge is 2.29. The van der Waals surface area contributed by atoms with Crippen LogP contribution in [0.25, 0.3) is 11.0 Å². The zero-order valence-corrected chi connectivity index (χ0v) is 15.7. The number of imidazole rings is 1. The number of para-hydroxylation sites is 2. The van der Waals surface area contributed by atoms with Crippen molar-refractivity contribution in [3.05, 3.63) is 64.4 Å². The molecule has 3 aromatic rings. The summed E-state index contributed by atoms with van der Waals surface area (Å²) >= 11 is 3.53. The number of likely N-dealkylation sites (tertiary alicyclic amines) is 1. The summed E-state index contributed by atoms with van der Waals surface area (Å²) in [6.07, 6.45) is 1.42. The zero-order chi connectivity index (χ0) is 17.4. The fourth-order valence-electron chi connectivity index (χ4n) is 3.72. The molecule has 0 spiro atoms. The van der Waals surface area contributed by atoms with E-state index in [1.54, 1.807) is 0 Å². The van der Waals surface area contributed by atoms with E-state index in [2.05, 4.69) is 31.5 Å². The maximum atomic E-state index is 12.7. The number of benzene rings is 2. The van der Waals surface area contributed by atoms with Gasteiger partial charge >= 0.3 is 0 Å². The van der Waals surface area contributed by atoms with Gasteiger partial charge in [0.05, 0.1) is 23.5 Å². The van der Waals surface area contributed by atoms with Gasteiger partial charge in [0.1, 0.15) is 5.82 Å². The summed E-state index contributed by atoms with van der Waals surface area (Å²) < 4.78 is 3.29. The highest BCUT2D eigenvalue weighted by molar-refractivity contribution is 9.10. The van der Waals surface area contributed by atoms with Gasteiger partial charge in [-0.1, -0.05) is 46.3 Å². The fraction of sp³-hybridized carbons (Fsp3) is 0.300. The fourth-order valence-corrected chi connectivity index (χ4v) is 4.15. The van der Waals surface area contributed by atoms with Crippen LogP contribution in [0.1, 0.15) is 23.9 Å². The van der Waals surface area contributed by atoms with Crippen molar-refractivity contribution in [2.75, 3.05) is 13.1 Å². The number of amides is 1. The van der Waals surface area contributed by atoms with Crippen molar-refractivity contribution in [3.8, 4) is 0 Å². The Balaban J connectivity index is 1.52. The molecule has 0 saturated carbocycles. The van der Waals surface area contributed by atoms with Crippen LogP contribution in [-0.2, 0) is 11.2 Å². The van der Waals surface area contributed by atoms with Crippen LogP contribution in [0.15, 0.2) is 53.0 Å². The number of carbonyl (C=O) groups is 1. The number of fused-ring (bicyclic) bond motifs is 1. The Bertz CT molecular complexity index is 934. The molecule has 0 aliphatic carbocycles. The number of hydrogen-bond donors (Lipinski definition) is 0. The Morgan fingerprint density at radius 3 is 2.80 bits per heavy atom. The molecular formula is C20H20BrN3O. The smallest absolute Gasteiger partial charge is 0.227 e. The molecule has 5 heteroatoms. The van der Waals surface area contributed by atoms with E-state index < -0.39 is 0 Å². The predicted octanol–water partition coefficient (Wildman–Crippen LogP) is 4.12. The summed E-state index contributed by atoms with van der Waals surface area (Å²) in [5.74, 6) is 1.21. The van der Waals surface area contributed by atoms with E-state index in [1.165, 1.54) is 0 Å². The lowest BCUT2D eigenvalue weighted by atomic mass is 10.1. The molecule has 1 aliphatic rings. The van der Waals surface area contributed by atoms with Crippen molar-refractivity contribution in [2.24, 2.45) is 0 Å². The van der Waals surface area contributed by atoms with E-state index in [9.17, 15) is 4.79 Å². The summed E-state index contributed by atoms with van der Waals surface area (Å²) in [7, 11) is 0. The molecule has 0 bridgehead atoms. The van der Waals surface area contributed by atoms with Crippen molar-refractivity contribution in [1.29, 1.82) is 0 Å². The lowest BCUT2D eigenvalue weighted by Crippen LogP contribution is -2.30. The topological polar surface area (TPSA) is 38.1 Å². The highest BCUT2D eigenvalue weighted by Crippen LogP contribution is 2.28. The first-order valence-electron chi connectivity index (χ1n) is 8.58. The molecule has 1 amide bonds. The zero-order valence-electron chi connectivity index (χ0n) is 14.2. The maximum absolute atomic E-state index is 12.7. The third kappa shape index (κ3) is 3.09. The second-order valence-electron chi connectivity index (χ2n) is 6.57. The van der Waals surface area contributed by atoms with E-state index in [1.807, 2.05) is 54.3 Å². The number of hydrogen-bond acceptors (Lipinski definition) is 2. The van der Waals surface area contributed by atoms with Crippen molar-refractivity contribution in [1.82, 2.24) is 14.5 Å². The van der Waals surface area contributed by atoms with Crippen LogP contribution in [0.5, 0.6) is 0 Å². The normalized spacial score (nSPS) is 17.4. The molecule has 1 aliphatic heterocycles. The molecule has 1 unspecified atom stereocenters. The number of carbonyl (C=O) groups excluding carboxylic acids is 1. The molecule has 128 valence electrons. The standard InChI is InChI=1S/C20H20BrN3O/c1-14-22-18-8-4-5-9-19(18)24(14)16-10-11-23(13-16)20(25)12-15-6-2-3-7-17(15)21/h2-9,16H,10-13H2,1H3. The summed E-state index contributed by atoms with van der Waals surface area (Å²) in [5, 5.41) is 0. The average molecular weight is 398 g/mol. The van der Waals surface area contributed by atoms with Gasteiger partial charge in [0.15, 0.2) is 0 Å². The second kappa shape index (κ2) is 6.64. The molecule has 2 aromatic carbocycles. The molecule has 0 radical (unpaired) electrons. The molecule has 0 N–H and O–H groups in total. The molecule has 2 heterocycles. The minimum atomic E-state index is 0.191. The number of rotatable bonds is 3. The Morgan fingerprint density at radius 2 is 1.96 bits per heavy atom. The number of aryl methyl sites for hydroxylation is 1. The molecule has 1 fully saturated rings. The molecule has 1 aromatic heterocycles. The van der Waals surface area contributed by atoms with E-state index in [0.29, 0.717) is 12.5 Å². The first kappa shape index (κ1) is 16.3. The van der Waals surface area contributed by atoms with Crippen molar-refractivity contribution in [2.45, 2.75) is 25.8 Å². The Hall–Kier alpha value is -2.14. The number of aromatic nitrogens is 2. The lowest BCUT2D eigenvalue weighted by Gasteiger charge is -2.19. The quantitative estimate of drug-likeness (QED) is 0.666. The van der Waals surface area contributed by atoms with Gasteiger partial charge in [-0.25, -0.2) is 4.98 Å². The first-order valence-corrected chi connectivity index (χ1v) is 9.37. The Kier molecular flexibility index (Phi) is 4.34. The summed E-state index contributed by atoms with van der Waals surface area (Å²) in [4.78, 5) is 19.4. The van der Waals surface area contributed by atoms with Gasteiger partial charge in [0.2, 0.25) is 5.91 Å². The number of nitrogens with zero attached hydrogens (tertiary/aromatic N) is 3. The van der Waals surface area contributed by atoms with Crippen molar-refractivity contribution < 1.29 is 4.79 Å². The molecule has 1 saturated heterocycles. The van der Waals surface area contributed by atoms with E-state index in [0.717, 1.165) is 46.4 Å². The van der Waals surface area contributed by atoms with Gasteiger partial charge in [0.25, 0.3) is 0 Å². The van der Waals surface area contributed by atoms with Crippen LogP contribution in [0.2, 0.25) is 0 Å². The summed E-state index contributed by atoms with van der Waals surface area (Å²) in [6, 6.07) is 16.4. The van der Waals surface area contributed by atoms with E-state index >= 15 is 0 Å². The van der Waals surface area contributed by atoms with Crippen molar-refractivity contribution >= 4 is 32.9 Å². The second-order valence-corrected chi connectivity index (χ2v) is 7.42. The Labute approximate surface area is 155 Å². The monoisotopic (exact) mass is 397 g/mol. The minimum absolute atomic E-state index is 0.191. The van der Waals surface area contributed by atoms with Crippen LogP contribution in [0.3, 0.4) is 0 Å². The maximum Gasteiger partial charge on any atom is 0.227 e. The summed E-state index contributed by atoms with van der Waals surface area (Å²) in [6.45, 7) is 3.61.